The fraction of sp³-hybridized carbons (Fsp3) is 0.154. The fourth-order valence-corrected chi connectivity index (χ4v) is 4.71. The summed E-state index contributed by atoms with van der Waals surface area (Å²) in [4.78, 5) is 29.2. The van der Waals surface area contributed by atoms with Gasteiger partial charge in [-0.1, -0.05) is 53.5 Å². The maximum absolute atomic E-state index is 12.6. The van der Waals surface area contributed by atoms with Crippen LogP contribution < -0.4 is 10.2 Å². The van der Waals surface area contributed by atoms with Gasteiger partial charge in [0.25, 0.3) is 5.91 Å². The molecule has 1 N–H and O–H groups in total. The van der Waals surface area contributed by atoms with E-state index >= 15 is 0 Å². The van der Waals surface area contributed by atoms with Crippen molar-refractivity contribution < 1.29 is 9.59 Å². The van der Waals surface area contributed by atoms with Crippen LogP contribution in [0.5, 0.6) is 0 Å². The first-order valence-corrected chi connectivity index (χ1v) is 12.6. The number of benzene rings is 3. The van der Waals surface area contributed by atoms with Crippen molar-refractivity contribution in [3.63, 3.8) is 0 Å². The smallest absolute Gasteiger partial charge is 0.257 e. The fourth-order valence-electron chi connectivity index (χ4n) is 3.72. The van der Waals surface area contributed by atoms with Gasteiger partial charge in [0.1, 0.15) is 0 Å². The lowest BCUT2D eigenvalue weighted by atomic mass is 10.2. The topological polar surface area (TPSA) is 52.7 Å². The molecule has 1 heterocycles. The molecule has 0 unspecified atom stereocenters. The van der Waals surface area contributed by atoms with Gasteiger partial charge in [-0.2, -0.15) is 0 Å². The van der Waals surface area contributed by atoms with Gasteiger partial charge in [0.2, 0.25) is 5.91 Å². The lowest BCUT2D eigenvalue weighted by molar-refractivity contribution is -0.126. The zero-order chi connectivity index (χ0) is 24.1. The van der Waals surface area contributed by atoms with Crippen LogP contribution in [0.15, 0.2) is 72.8 Å². The standard InChI is InChI=1S/C26H22Cl2IN3O2/c27-22-9-7-19(29)16-21(22)26(34)30-20-8-10-24(23(28)17-20)31-12-14-32(15-13-31)25(33)11-6-18-4-2-1-3-5-18/h1-11,16-17H,12-15H2,(H,30,34)/b11-6+. The summed E-state index contributed by atoms with van der Waals surface area (Å²) >= 11 is 14.9. The van der Waals surface area contributed by atoms with E-state index in [2.05, 4.69) is 32.8 Å². The average Bonchev–Trinajstić information content (AvgIpc) is 2.85. The number of carbonyl (C=O) groups excluding carboxylic acids is 2. The first kappa shape index (κ1) is 24.6. The maximum Gasteiger partial charge on any atom is 0.257 e. The van der Waals surface area contributed by atoms with Crippen LogP contribution in [0.2, 0.25) is 10.0 Å². The minimum atomic E-state index is -0.289. The van der Waals surface area contributed by atoms with E-state index in [1.165, 1.54) is 0 Å². The summed E-state index contributed by atoms with van der Waals surface area (Å²) in [6.07, 6.45) is 3.46. The summed E-state index contributed by atoms with van der Waals surface area (Å²) in [5, 5.41) is 3.79. The van der Waals surface area contributed by atoms with Gasteiger partial charge >= 0.3 is 0 Å². The van der Waals surface area contributed by atoms with E-state index in [1.54, 1.807) is 24.3 Å². The Balaban J connectivity index is 1.35. The molecule has 0 spiro atoms. The zero-order valence-corrected chi connectivity index (χ0v) is 21.8. The van der Waals surface area contributed by atoms with Gasteiger partial charge < -0.3 is 15.1 Å². The Morgan fingerprint density at radius 1 is 0.882 bits per heavy atom. The highest BCUT2D eigenvalue weighted by atomic mass is 127. The minimum Gasteiger partial charge on any atom is -0.367 e. The van der Waals surface area contributed by atoms with Crippen LogP contribution in [0.1, 0.15) is 15.9 Å². The van der Waals surface area contributed by atoms with E-state index in [1.807, 2.05) is 59.5 Å². The van der Waals surface area contributed by atoms with Crippen molar-refractivity contribution in [2.45, 2.75) is 0 Å². The molecule has 0 aromatic heterocycles. The van der Waals surface area contributed by atoms with E-state index < -0.39 is 0 Å². The summed E-state index contributed by atoms with van der Waals surface area (Å²) in [6.45, 7) is 2.57. The zero-order valence-electron chi connectivity index (χ0n) is 18.2. The summed E-state index contributed by atoms with van der Waals surface area (Å²) in [5.74, 6) is -0.287. The molecule has 0 aliphatic carbocycles. The second-order valence-corrected chi connectivity index (χ2v) is 9.86. The monoisotopic (exact) mass is 605 g/mol. The van der Waals surface area contributed by atoms with E-state index in [9.17, 15) is 9.59 Å². The molecular formula is C26H22Cl2IN3O2. The van der Waals surface area contributed by atoms with Crippen LogP contribution in [0.4, 0.5) is 11.4 Å². The number of nitrogens with zero attached hydrogens (tertiary/aromatic N) is 2. The first-order chi connectivity index (χ1) is 16.4. The van der Waals surface area contributed by atoms with E-state index in [0.717, 1.165) is 14.8 Å². The summed E-state index contributed by atoms with van der Waals surface area (Å²) in [5.41, 5.74) is 2.88. The molecule has 1 aliphatic rings. The van der Waals surface area contributed by atoms with Crippen LogP contribution in [0.25, 0.3) is 6.08 Å². The van der Waals surface area contributed by atoms with Crippen molar-refractivity contribution in [2.24, 2.45) is 0 Å². The molecule has 3 aromatic carbocycles. The van der Waals surface area contributed by atoms with Crippen LogP contribution >= 0.6 is 45.8 Å². The number of hydrogen-bond acceptors (Lipinski definition) is 3. The Kier molecular flexibility index (Phi) is 8.13. The third kappa shape index (κ3) is 6.11. The number of carbonyl (C=O) groups is 2. The molecule has 0 atom stereocenters. The SMILES string of the molecule is O=C(Nc1ccc(N2CCN(C(=O)/C=C/c3ccccc3)CC2)c(Cl)c1)c1cc(I)ccc1Cl. The van der Waals surface area contributed by atoms with E-state index in [-0.39, 0.29) is 11.8 Å². The number of piperazine rings is 1. The van der Waals surface area contributed by atoms with Crippen LogP contribution in [-0.2, 0) is 4.79 Å². The largest absolute Gasteiger partial charge is 0.367 e. The third-order valence-corrected chi connectivity index (χ3v) is 6.83. The molecule has 3 aromatic rings. The highest BCUT2D eigenvalue weighted by molar-refractivity contribution is 14.1. The molecule has 0 saturated carbocycles. The van der Waals surface area contributed by atoms with Crippen LogP contribution in [0.3, 0.4) is 0 Å². The van der Waals surface area contributed by atoms with E-state index in [0.29, 0.717) is 47.5 Å². The van der Waals surface area contributed by atoms with Gasteiger partial charge in [0, 0.05) is 41.5 Å². The van der Waals surface area contributed by atoms with Crippen LogP contribution in [-0.4, -0.2) is 42.9 Å². The maximum atomic E-state index is 12.6. The Bertz CT molecular complexity index is 1230. The highest BCUT2D eigenvalue weighted by Crippen LogP contribution is 2.30. The number of anilines is 2. The normalized spacial score (nSPS) is 13.9. The molecule has 34 heavy (non-hydrogen) atoms. The molecule has 5 nitrogen and oxygen atoms in total. The molecule has 1 saturated heterocycles. The molecule has 2 amide bonds. The second-order valence-electron chi connectivity index (χ2n) is 7.80. The number of amides is 2. The van der Waals surface area contributed by atoms with Crippen molar-refractivity contribution in [1.82, 2.24) is 4.90 Å². The highest BCUT2D eigenvalue weighted by Gasteiger charge is 2.21. The summed E-state index contributed by atoms with van der Waals surface area (Å²) in [7, 11) is 0. The molecule has 8 heteroatoms. The molecular weight excluding hydrogens is 584 g/mol. The third-order valence-electron chi connectivity index (χ3n) is 5.53. The molecule has 0 bridgehead atoms. The lowest BCUT2D eigenvalue weighted by Gasteiger charge is -2.36. The minimum absolute atomic E-state index is 0.00175. The van der Waals surface area contributed by atoms with Crippen molar-refractivity contribution in [3.05, 3.63) is 97.5 Å². The molecule has 1 fully saturated rings. The summed E-state index contributed by atoms with van der Waals surface area (Å²) < 4.78 is 0.925. The Labute approximate surface area is 222 Å². The molecule has 4 rings (SSSR count). The van der Waals surface area contributed by atoms with Gasteiger partial charge in [-0.05, 0) is 70.6 Å². The molecule has 1 aliphatic heterocycles. The lowest BCUT2D eigenvalue weighted by Crippen LogP contribution is -2.48. The molecule has 174 valence electrons. The Hall–Kier alpha value is -2.55. The number of rotatable bonds is 5. The van der Waals surface area contributed by atoms with Gasteiger partial charge in [0.05, 0.1) is 21.3 Å². The van der Waals surface area contributed by atoms with Crippen molar-refractivity contribution in [3.8, 4) is 0 Å². The quantitative estimate of drug-likeness (QED) is 0.278. The van der Waals surface area contributed by atoms with Crippen molar-refractivity contribution >= 4 is 75.1 Å². The average molecular weight is 606 g/mol. The second kappa shape index (κ2) is 11.3. The van der Waals surface area contributed by atoms with Gasteiger partial charge in [-0.15, -0.1) is 0 Å². The van der Waals surface area contributed by atoms with Gasteiger partial charge in [-0.3, -0.25) is 9.59 Å². The predicted octanol–water partition coefficient (Wildman–Crippen LogP) is 6.21. The van der Waals surface area contributed by atoms with Crippen LogP contribution in [0, 0.1) is 3.57 Å². The van der Waals surface area contributed by atoms with E-state index in [4.69, 9.17) is 23.2 Å². The summed E-state index contributed by atoms with van der Waals surface area (Å²) in [6, 6.07) is 20.5. The number of halogens is 3. The first-order valence-electron chi connectivity index (χ1n) is 10.7. The number of hydrogen-bond donors (Lipinski definition) is 1. The Morgan fingerprint density at radius 3 is 2.32 bits per heavy atom. The van der Waals surface area contributed by atoms with Gasteiger partial charge in [0.15, 0.2) is 0 Å². The number of nitrogens with one attached hydrogen (secondary N) is 1. The Morgan fingerprint density at radius 2 is 1.62 bits per heavy atom. The predicted molar refractivity (Wildman–Crippen MR) is 148 cm³/mol. The molecule has 0 radical (unpaired) electrons. The van der Waals surface area contributed by atoms with Crippen molar-refractivity contribution in [2.75, 3.05) is 36.4 Å². The van der Waals surface area contributed by atoms with Gasteiger partial charge in [-0.25, -0.2) is 0 Å². The van der Waals surface area contributed by atoms with Crippen molar-refractivity contribution in [1.29, 1.82) is 0 Å².